The number of nitrogens with zero attached hydrogens (tertiary/aromatic N) is 1. The largest absolute Gasteiger partial charge is 0.351 e. The average Bonchev–Trinajstić information content (AvgIpc) is 2.73. The zero-order valence-electron chi connectivity index (χ0n) is 16.2. The number of carbonyl (C=O) groups excluding carboxylic acids is 2. The normalized spacial score (nSPS) is 15.5. The topological polar surface area (TPSA) is 49.4 Å². The Bertz CT molecular complexity index is 905. The fraction of sp³-hybridized carbons (Fsp3) is 0.364. The summed E-state index contributed by atoms with van der Waals surface area (Å²) in [6, 6.07) is 9.89. The highest BCUT2D eigenvalue weighted by molar-refractivity contribution is 9.10. The van der Waals surface area contributed by atoms with Crippen LogP contribution in [0.1, 0.15) is 43.7 Å². The number of amides is 2. The van der Waals surface area contributed by atoms with Crippen LogP contribution in [0.2, 0.25) is 5.02 Å². The number of halogens is 4. The van der Waals surface area contributed by atoms with E-state index in [1.54, 1.807) is 30.3 Å². The highest BCUT2D eigenvalue weighted by Gasteiger charge is 2.35. The smallest absolute Gasteiger partial charge is 0.248 e. The number of hydrogen-bond donors (Lipinski definition) is 1. The van der Waals surface area contributed by atoms with E-state index in [1.807, 2.05) is 0 Å². The maximum atomic E-state index is 14.8. The van der Waals surface area contributed by atoms with Gasteiger partial charge in [0.15, 0.2) is 0 Å². The van der Waals surface area contributed by atoms with Crippen molar-refractivity contribution in [3.8, 4) is 0 Å². The Hall–Kier alpha value is -1.63. The van der Waals surface area contributed by atoms with Crippen molar-refractivity contribution < 1.29 is 14.0 Å². The minimum atomic E-state index is -1.08. The molecular formula is C22H22BrCl2FN2O2. The van der Waals surface area contributed by atoms with Crippen LogP contribution in [0.15, 0.2) is 46.9 Å². The molecule has 1 saturated carbocycles. The summed E-state index contributed by atoms with van der Waals surface area (Å²) in [5.74, 6) is -1.97. The van der Waals surface area contributed by atoms with Crippen molar-refractivity contribution in [3.63, 3.8) is 0 Å². The van der Waals surface area contributed by atoms with Crippen molar-refractivity contribution in [2.45, 2.75) is 44.2 Å². The Labute approximate surface area is 193 Å². The van der Waals surface area contributed by atoms with Crippen LogP contribution < -0.4 is 10.2 Å². The third-order valence-electron chi connectivity index (χ3n) is 5.20. The zero-order chi connectivity index (χ0) is 21.7. The molecule has 160 valence electrons. The molecule has 2 aromatic rings. The van der Waals surface area contributed by atoms with Gasteiger partial charge in [0, 0.05) is 15.5 Å². The molecule has 1 atom stereocenters. The first-order chi connectivity index (χ1) is 14.4. The zero-order valence-corrected chi connectivity index (χ0v) is 19.3. The number of hydrogen-bond acceptors (Lipinski definition) is 2. The predicted octanol–water partition coefficient (Wildman–Crippen LogP) is 6.00. The fourth-order valence-corrected chi connectivity index (χ4v) is 4.34. The standard InChI is InChI=1S/C22H22BrCl2FN2O2/c23-15-8-11-19(18(26)12-15)28(20(29)13-24)21(14-6-9-16(25)10-7-14)22(30)27-17-4-2-1-3-5-17/h6-12,17,21H,1-5,13H2,(H,27,30)/t21-/m0/s1. The van der Waals surface area contributed by atoms with E-state index in [2.05, 4.69) is 21.2 Å². The Morgan fingerprint density at radius 3 is 2.40 bits per heavy atom. The number of carbonyl (C=O) groups is 2. The van der Waals surface area contributed by atoms with Gasteiger partial charge in [0.25, 0.3) is 0 Å². The molecule has 0 unspecified atom stereocenters. The first kappa shape index (κ1) is 23.0. The molecule has 1 aliphatic carbocycles. The lowest BCUT2D eigenvalue weighted by atomic mass is 9.94. The molecule has 4 nitrogen and oxygen atoms in total. The van der Waals surface area contributed by atoms with Crippen LogP contribution in [0, 0.1) is 5.82 Å². The van der Waals surface area contributed by atoms with Gasteiger partial charge in [0.05, 0.1) is 5.69 Å². The maximum absolute atomic E-state index is 14.8. The molecule has 1 fully saturated rings. The van der Waals surface area contributed by atoms with E-state index in [0.29, 0.717) is 15.1 Å². The summed E-state index contributed by atoms with van der Waals surface area (Å²) < 4.78 is 15.4. The van der Waals surface area contributed by atoms with Gasteiger partial charge in [-0.3, -0.25) is 14.5 Å². The summed E-state index contributed by atoms with van der Waals surface area (Å²) in [6.07, 6.45) is 5.00. The van der Waals surface area contributed by atoms with E-state index in [1.165, 1.54) is 12.1 Å². The lowest BCUT2D eigenvalue weighted by Gasteiger charge is -2.33. The van der Waals surface area contributed by atoms with Crippen molar-refractivity contribution >= 4 is 56.6 Å². The monoisotopic (exact) mass is 514 g/mol. The molecule has 1 aliphatic rings. The van der Waals surface area contributed by atoms with Crippen molar-refractivity contribution in [2.24, 2.45) is 0 Å². The molecule has 1 N–H and O–H groups in total. The predicted molar refractivity (Wildman–Crippen MR) is 122 cm³/mol. The van der Waals surface area contributed by atoms with Gasteiger partial charge >= 0.3 is 0 Å². The lowest BCUT2D eigenvalue weighted by molar-refractivity contribution is -0.126. The minimum Gasteiger partial charge on any atom is -0.351 e. The lowest BCUT2D eigenvalue weighted by Crippen LogP contribution is -2.48. The van der Waals surface area contributed by atoms with Gasteiger partial charge in [-0.2, -0.15) is 0 Å². The van der Waals surface area contributed by atoms with Gasteiger partial charge < -0.3 is 5.32 Å². The van der Waals surface area contributed by atoms with E-state index in [0.717, 1.165) is 37.0 Å². The first-order valence-electron chi connectivity index (χ1n) is 9.79. The van der Waals surface area contributed by atoms with Crippen molar-refractivity contribution in [3.05, 3.63) is 63.3 Å². The van der Waals surface area contributed by atoms with Crippen LogP contribution in [0.3, 0.4) is 0 Å². The molecule has 2 aromatic carbocycles. The van der Waals surface area contributed by atoms with Crippen molar-refractivity contribution in [1.29, 1.82) is 0 Å². The Balaban J connectivity index is 2.05. The SMILES string of the molecule is O=C(NC1CCCCC1)[C@H](c1ccc(Cl)cc1)N(C(=O)CCl)c1ccc(Br)cc1F. The molecule has 0 aromatic heterocycles. The van der Waals surface area contributed by atoms with Gasteiger partial charge in [-0.15, -0.1) is 11.6 Å². The van der Waals surface area contributed by atoms with E-state index >= 15 is 0 Å². The van der Waals surface area contributed by atoms with Crippen LogP contribution >= 0.6 is 39.1 Å². The number of rotatable bonds is 6. The van der Waals surface area contributed by atoms with E-state index in [-0.39, 0.29) is 17.6 Å². The fourth-order valence-electron chi connectivity index (χ4n) is 3.75. The second-order valence-corrected chi connectivity index (χ2v) is 8.91. The molecule has 0 radical (unpaired) electrons. The first-order valence-corrected chi connectivity index (χ1v) is 11.5. The summed E-state index contributed by atoms with van der Waals surface area (Å²) >= 11 is 15.1. The number of nitrogens with one attached hydrogen (secondary N) is 1. The quantitative estimate of drug-likeness (QED) is 0.479. The molecule has 2 amide bonds. The second kappa shape index (κ2) is 10.6. The molecule has 3 rings (SSSR count). The molecule has 30 heavy (non-hydrogen) atoms. The summed E-state index contributed by atoms with van der Waals surface area (Å²) in [4.78, 5) is 27.4. The van der Waals surface area contributed by atoms with E-state index in [9.17, 15) is 14.0 Å². The third-order valence-corrected chi connectivity index (χ3v) is 6.17. The summed E-state index contributed by atoms with van der Waals surface area (Å²) in [5.41, 5.74) is 0.510. The summed E-state index contributed by atoms with van der Waals surface area (Å²) in [7, 11) is 0. The van der Waals surface area contributed by atoms with Crippen LogP contribution in [0.4, 0.5) is 10.1 Å². The van der Waals surface area contributed by atoms with Gasteiger partial charge in [-0.25, -0.2) is 4.39 Å². The minimum absolute atomic E-state index is 0.0115. The molecule has 8 heteroatoms. The van der Waals surface area contributed by atoms with E-state index in [4.69, 9.17) is 23.2 Å². The molecule has 0 bridgehead atoms. The summed E-state index contributed by atoms with van der Waals surface area (Å²) in [6.45, 7) is 0. The number of benzene rings is 2. The van der Waals surface area contributed by atoms with Gasteiger partial charge in [0.2, 0.25) is 11.8 Å². The molecule has 0 saturated heterocycles. The van der Waals surface area contributed by atoms with Crippen LogP contribution in [-0.2, 0) is 9.59 Å². The van der Waals surface area contributed by atoms with Crippen LogP contribution in [-0.4, -0.2) is 23.7 Å². The molecular weight excluding hydrogens is 494 g/mol. The van der Waals surface area contributed by atoms with Gasteiger partial charge in [-0.05, 0) is 48.7 Å². The highest BCUT2D eigenvalue weighted by Crippen LogP contribution is 2.33. The summed E-state index contributed by atoms with van der Waals surface area (Å²) in [5, 5.41) is 3.55. The van der Waals surface area contributed by atoms with E-state index < -0.39 is 23.6 Å². The molecule has 0 spiro atoms. The Morgan fingerprint density at radius 2 is 1.80 bits per heavy atom. The van der Waals surface area contributed by atoms with Crippen LogP contribution in [0.25, 0.3) is 0 Å². The van der Waals surface area contributed by atoms with Crippen LogP contribution in [0.5, 0.6) is 0 Å². The molecule has 0 aliphatic heterocycles. The Kier molecular flexibility index (Phi) is 8.14. The Morgan fingerprint density at radius 1 is 1.13 bits per heavy atom. The van der Waals surface area contributed by atoms with Crippen molar-refractivity contribution in [2.75, 3.05) is 10.8 Å². The van der Waals surface area contributed by atoms with Gasteiger partial charge in [-0.1, -0.05) is 58.9 Å². The third kappa shape index (κ3) is 5.54. The number of anilines is 1. The average molecular weight is 516 g/mol. The molecule has 0 heterocycles. The maximum Gasteiger partial charge on any atom is 0.248 e. The highest BCUT2D eigenvalue weighted by atomic mass is 79.9. The number of alkyl halides is 1. The van der Waals surface area contributed by atoms with Crippen molar-refractivity contribution in [1.82, 2.24) is 5.32 Å². The second-order valence-electron chi connectivity index (χ2n) is 7.29. The van der Waals surface area contributed by atoms with Gasteiger partial charge in [0.1, 0.15) is 17.7 Å².